The fourth-order valence-corrected chi connectivity index (χ4v) is 14.3. The number of ether oxygens (including phenoxy) is 2. The molecule has 2 unspecified atom stereocenters. The third-order valence-corrected chi connectivity index (χ3v) is 18.7. The van der Waals surface area contributed by atoms with Gasteiger partial charge in [-0.1, -0.05) is 25.1 Å². The molecule has 78 heavy (non-hydrogen) atoms. The third kappa shape index (κ3) is 9.33. The number of likely N-dealkylation sites (tertiary alicyclic amines) is 1. The van der Waals surface area contributed by atoms with Crippen LogP contribution in [-0.2, 0) is 27.3 Å². The number of imide groups is 1. The van der Waals surface area contributed by atoms with Crippen LogP contribution in [0.2, 0.25) is 0 Å². The highest BCUT2D eigenvalue weighted by Gasteiger charge is 2.51. The van der Waals surface area contributed by atoms with E-state index in [1.165, 1.54) is 25.7 Å². The summed E-state index contributed by atoms with van der Waals surface area (Å²) in [7, 11) is 0. The predicted molar refractivity (Wildman–Crippen MR) is 293 cm³/mol. The average molecular weight is 1060 g/mol. The van der Waals surface area contributed by atoms with Gasteiger partial charge >= 0.3 is 12.1 Å². The molecule has 3 atom stereocenters. The highest BCUT2D eigenvalue weighted by Crippen LogP contribution is 2.53. The monoisotopic (exact) mass is 1060 g/mol. The molecule has 3 aromatic carbocycles. The Hall–Kier alpha value is -6.66. The Morgan fingerprint density at radius 2 is 1.63 bits per heavy atom. The van der Waals surface area contributed by atoms with E-state index < -0.39 is 17.5 Å². The first-order valence-electron chi connectivity index (χ1n) is 28.5. The standard InChI is InChI=1S/C60H71FN10O7/c1-5-36-7-6-8-37-26-43(72)27-45(49(36)37)51-50(61)52-46(30-62-51)53(69-32-40-9-10-41(33-69)71(40)57(76)78-58(2,3)4)65-56(64-52)77-35-60(15-16-60)34-66-19-17-59(18-20-66)28-42(29-59)68-23-21-67(22-24-68)39-11-12-44-38(25-39)31-70(55(44)75)47-13-14-48(73)63-54(47)74/h6-8,11-12,25-27,30,40-42,47,72H,5,9-10,13-24,28-29,31-35H2,1-4H3,(H,63,73,74)/t40?,41?,47-/m0/s1. The number of piperidine rings is 2. The molecule has 4 amide bonds. The van der Waals surface area contributed by atoms with Crippen molar-refractivity contribution in [1.29, 1.82) is 0 Å². The maximum atomic E-state index is 17.5. The number of carbonyl (C=O) groups is 4. The predicted octanol–water partition coefficient (Wildman–Crippen LogP) is 7.83. The summed E-state index contributed by atoms with van der Waals surface area (Å²) in [5.41, 5.74) is 4.17. The summed E-state index contributed by atoms with van der Waals surface area (Å²) >= 11 is 0. The van der Waals surface area contributed by atoms with Crippen LogP contribution in [0.5, 0.6) is 11.8 Å². The molecule has 2 saturated carbocycles. The number of hydrogen-bond acceptors (Lipinski definition) is 14. The van der Waals surface area contributed by atoms with Crippen LogP contribution in [0, 0.1) is 16.6 Å². The number of aromatic hydroxyl groups is 1. The molecule has 410 valence electrons. The van der Waals surface area contributed by atoms with E-state index in [0.29, 0.717) is 66.4 Å². The van der Waals surface area contributed by atoms with E-state index >= 15 is 4.39 Å². The van der Waals surface area contributed by atoms with Crippen molar-refractivity contribution in [2.45, 2.75) is 135 Å². The summed E-state index contributed by atoms with van der Waals surface area (Å²) in [6.45, 7) is 16.4. The number of nitrogens with zero attached hydrogens (tertiary/aromatic N) is 9. The van der Waals surface area contributed by atoms with Crippen molar-refractivity contribution in [3.63, 3.8) is 0 Å². The molecular formula is C60H71FN10O7. The lowest BCUT2D eigenvalue weighted by Gasteiger charge is -2.56. The molecule has 1 spiro atoms. The number of benzene rings is 3. The van der Waals surface area contributed by atoms with E-state index in [-0.39, 0.29) is 70.7 Å². The number of rotatable bonds is 11. The third-order valence-electron chi connectivity index (χ3n) is 18.7. The van der Waals surface area contributed by atoms with Crippen molar-refractivity contribution in [3.8, 4) is 23.0 Å². The molecule has 5 saturated heterocycles. The van der Waals surface area contributed by atoms with Crippen LogP contribution in [0.25, 0.3) is 32.9 Å². The van der Waals surface area contributed by atoms with Crippen LogP contribution >= 0.6 is 0 Å². The smallest absolute Gasteiger partial charge is 0.410 e. The Morgan fingerprint density at radius 3 is 2.33 bits per heavy atom. The van der Waals surface area contributed by atoms with E-state index in [1.807, 2.05) is 56.0 Å². The summed E-state index contributed by atoms with van der Waals surface area (Å²) in [6, 6.07) is 15.2. The Balaban J connectivity index is 0.656. The zero-order chi connectivity index (χ0) is 53.8. The Kier molecular flexibility index (Phi) is 12.6. The van der Waals surface area contributed by atoms with Gasteiger partial charge in [-0.05, 0) is 156 Å². The van der Waals surface area contributed by atoms with Gasteiger partial charge in [-0.3, -0.25) is 34.5 Å². The van der Waals surface area contributed by atoms with Gasteiger partial charge in [-0.15, -0.1) is 0 Å². The topological polar surface area (TPSA) is 177 Å². The minimum Gasteiger partial charge on any atom is -0.508 e. The molecule has 17 nitrogen and oxygen atoms in total. The van der Waals surface area contributed by atoms with Crippen LogP contribution in [-0.4, -0.2) is 159 Å². The summed E-state index contributed by atoms with van der Waals surface area (Å²) in [6.07, 6.45) is 11.2. The van der Waals surface area contributed by atoms with E-state index in [4.69, 9.17) is 24.4 Å². The minimum atomic E-state index is -0.620. The first-order valence-corrected chi connectivity index (χ1v) is 28.5. The van der Waals surface area contributed by atoms with Crippen molar-refractivity contribution >= 4 is 57.0 Å². The van der Waals surface area contributed by atoms with E-state index in [9.17, 15) is 24.3 Å². The number of carbonyl (C=O) groups excluding carboxylic acids is 4. The van der Waals surface area contributed by atoms with Gasteiger partial charge in [0.25, 0.3) is 5.91 Å². The van der Waals surface area contributed by atoms with Gasteiger partial charge in [0, 0.05) is 93.2 Å². The molecule has 13 rings (SSSR count). The first kappa shape index (κ1) is 50.8. The quantitative estimate of drug-likeness (QED) is 0.122. The molecule has 8 aliphatic rings. The molecule has 6 aliphatic heterocycles. The molecule has 5 aromatic rings. The number of anilines is 2. The highest BCUT2D eigenvalue weighted by atomic mass is 19.1. The van der Waals surface area contributed by atoms with Crippen LogP contribution in [0.4, 0.5) is 20.7 Å². The minimum absolute atomic E-state index is 0.0260. The second-order valence-corrected chi connectivity index (χ2v) is 24.9. The number of phenolic OH excluding ortho intramolecular Hbond substituents is 1. The maximum Gasteiger partial charge on any atom is 0.410 e. The summed E-state index contributed by atoms with van der Waals surface area (Å²) in [4.78, 5) is 79.1. The molecule has 18 heteroatoms. The number of nitrogens with one attached hydrogen (secondary N) is 1. The van der Waals surface area contributed by atoms with Gasteiger partial charge in [0.05, 0.1) is 24.1 Å². The van der Waals surface area contributed by atoms with Gasteiger partial charge < -0.3 is 34.2 Å². The number of fused-ring (bicyclic) bond motifs is 5. The van der Waals surface area contributed by atoms with Crippen molar-refractivity contribution in [2.24, 2.45) is 10.8 Å². The fraction of sp³-hybridized carbons (Fsp3) is 0.550. The van der Waals surface area contributed by atoms with Crippen LogP contribution < -0.4 is 19.9 Å². The molecule has 2 aliphatic carbocycles. The van der Waals surface area contributed by atoms with Gasteiger partial charge in [0.15, 0.2) is 5.82 Å². The summed E-state index contributed by atoms with van der Waals surface area (Å²) < 4.78 is 30.0. The number of aromatic nitrogens is 3. The normalized spacial score (nSPS) is 24.3. The van der Waals surface area contributed by atoms with Gasteiger partial charge in [0.2, 0.25) is 11.8 Å². The van der Waals surface area contributed by atoms with E-state index in [1.54, 1.807) is 23.2 Å². The molecule has 2 N–H and O–H groups in total. The van der Waals surface area contributed by atoms with E-state index in [2.05, 4.69) is 37.9 Å². The van der Waals surface area contributed by atoms with Crippen LogP contribution in [0.15, 0.2) is 54.7 Å². The van der Waals surface area contributed by atoms with Crippen molar-refractivity contribution < 1.29 is 38.1 Å². The van der Waals surface area contributed by atoms with Crippen molar-refractivity contribution in [1.82, 2.24) is 39.9 Å². The first-order chi connectivity index (χ1) is 37.5. The average Bonchev–Trinajstić information content (AvgIpc) is 4.17. The lowest BCUT2D eigenvalue weighted by molar-refractivity contribution is -0.136. The van der Waals surface area contributed by atoms with Crippen LogP contribution in [0.1, 0.15) is 113 Å². The largest absolute Gasteiger partial charge is 0.508 e. The Morgan fingerprint density at radius 1 is 0.872 bits per heavy atom. The maximum absolute atomic E-state index is 17.5. The van der Waals surface area contributed by atoms with Crippen LogP contribution in [0.3, 0.4) is 0 Å². The van der Waals surface area contributed by atoms with Gasteiger partial charge in [-0.2, -0.15) is 9.97 Å². The number of phenols is 1. The molecule has 8 heterocycles. The molecule has 2 aromatic heterocycles. The summed E-state index contributed by atoms with van der Waals surface area (Å²) in [5.74, 6) is -0.846. The number of hydrogen-bond donors (Lipinski definition) is 2. The molecule has 7 fully saturated rings. The summed E-state index contributed by atoms with van der Waals surface area (Å²) in [5, 5.41) is 15.4. The number of pyridine rings is 1. The van der Waals surface area contributed by atoms with E-state index in [0.717, 1.165) is 106 Å². The zero-order valence-electron chi connectivity index (χ0n) is 45.4. The van der Waals surface area contributed by atoms with Gasteiger partial charge in [0.1, 0.15) is 34.4 Å². The number of halogens is 1. The second-order valence-electron chi connectivity index (χ2n) is 24.9. The van der Waals surface area contributed by atoms with Crippen molar-refractivity contribution in [3.05, 3.63) is 77.2 Å². The highest BCUT2D eigenvalue weighted by molar-refractivity contribution is 6.06. The number of amides is 4. The molecule has 0 radical (unpaired) electrons. The second kappa shape index (κ2) is 19.3. The SMILES string of the molecule is CCc1cccc2cc(O)cc(-c3ncc4c(N5CC6CCC(C5)N6C(=O)OC(C)(C)C)nc(OCC5(CN6CCC7(CC6)CC(N6CCN(c8ccc9c(c8)CN([C@H]8CCC(=O)NC8=O)C9=O)CC6)C7)CC5)nc4c3F)c12. The Bertz CT molecular complexity index is 3230. The Labute approximate surface area is 454 Å². The number of piperazine rings is 2. The lowest BCUT2D eigenvalue weighted by atomic mass is 9.60. The zero-order valence-corrected chi connectivity index (χ0v) is 45.4. The molecular weight excluding hydrogens is 992 g/mol. The lowest BCUT2D eigenvalue weighted by Crippen LogP contribution is -2.59. The van der Waals surface area contributed by atoms with Crippen molar-refractivity contribution in [2.75, 3.05) is 75.3 Å². The molecule has 2 bridgehead atoms. The number of aryl methyl sites for hydroxylation is 1. The van der Waals surface area contributed by atoms with Gasteiger partial charge in [-0.25, -0.2) is 9.18 Å². The fourth-order valence-electron chi connectivity index (χ4n) is 14.3.